The molecule has 0 aliphatic carbocycles. The monoisotopic (exact) mass is 200 g/mol. The van der Waals surface area contributed by atoms with Gasteiger partial charge in [-0.1, -0.05) is 46.0 Å². The third kappa shape index (κ3) is 8.52. The van der Waals surface area contributed by atoms with Crippen molar-refractivity contribution in [1.29, 1.82) is 0 Å². The zero-order valence-corrected chi connectivity index (χ0v) is 9.97. The summed E-state index contributed by atoms with van der Waals surface area (Å²) in [7, 11) is 0. The van der Waals surface area contributed by atoms with E-state index in [0.29, 0.717) is 12.1 Å². The summed E-state index contributed by atoms with van der Waals surface area (Å²) >= 11 is 0. The minimum Gasteiger partial charge on any atom is -0.328 e. The fourth-order valence-corrected chi connectivity index (χ4v) is 1.75. The van der Waals surface area contributed by atoms with Crippen LogP contribution in [0.2, 0.25) is 0 Å². The Balaban J connectivity index is 3.35. The molecule has 0 aromatic heterocycles. The van der Waals surface area contributed by atoms with Gasteiger partial charge in [0.25, 0.3) is 0 Å². The Morgan fingerprint density at radius 1 is 0.786 bits per heavy atom. The van der Waals surface area contributed by atoms with Gasteiger partial charge < -0.3 is 11.5 Å². The van der Waals surface area contributed by atoms with Gasteiger partial charge in [-0.25, -0.2) is 0 Å². The van der Waals surface area contributed by atoms with Crippen molar-refractivity contribution in [2.75, 3.05) is 0 Å². The van der Waals surface area contributed by atoms with Gasteiger partial charge >= 0.3 is 0 Å². The quantitative estimate of drug-likeness (QED) is 0.562. The predicted octanol–water partition coefficient (Wildman–Crippen LogP) is 2.80. The van der Waals surface area contributed by atoms with Crippen LogP contribution in [0.25, 0.3) is 0 Å². The van der Waals surface area contributed by atoms with Gasteiger partial charge in [-0.3, -0.25) is 0 Å². The Morgan fingerprint density at radius 3 is 1.79 bits per heavy atom. The first-order chi connectivity index (χ1) is 6.70. The molecule has 0 heterocycles. The van der Waals surface area contributed by atoms with Crippen LogP contribution in [0.3, 0.4) is 0 Å². The highest BCUT2D eigenvalue weighted by atomic mass is 14.7. The van der Waals surface area contributed by atoms with Gasteiger partial charge in [0.1, 0.15) is 0 Å². The van der Waals surface area contributed by atoms with Crippen molar-refractivity contribution in [2.45, 2.75) is 77.3 Å². The molecule has 2 unspecified atom stereocenters. The van der Waals surface area contributed by atoms with E-state index in [-0.39, 0.29) is 0 Å². The van der Waals surface area contributed by atoms with Crippen molar-refractivity contribution in [2.24, 2.45) is 11.5 Å². The predicted molar refractivity (Wildman–Crippen MR) is 64.2 cm³/mol. The first-order valence-electron chi connectivity index (χ1n) is 6.21. The molecule has 14 heavy (non-hydrogen) atoms. The van der Waals surface area contributed by atoms with Crippen LogP contribution in [0.1, 0.15) is 65.2 Å². The molecule has 0 radical (unpaired) electrons. The van der Waals surface area contributed by atoms with Gasteiger partial charge in [-0.15, -0.1) is 0 Å². The van der Waals surface area contributed by atoms with Crippen LogP contribution in [0.4, 0.5) is 0 Å². The van der Waals surface area contributed by atoms with E-state index in [9.17, 15) is 0 Å². The summed E-state index contributed by atoms with van der Waals surface area (Å²) in [5, 5.41) is 0. The third-order valence-corrected chi connectivity index (χ3v) is 2.71. The Bertz CT molecular complexity index is 115. The first kappa shape index (κ1) is 13.9. The lowest BCUT2D eigenvalue weighted by Gasteiger charge is -2.16. The van der Waals surface area contributed by atoms with Crippen LogP contribution in [-0.4, -0.2) is 12.1 Å². The standard InChI is InChI=1S/C12H28N2/c1-3-5-7-9-12(14)10-11(13)8-6-4-2/h11-12H,3-10,13-14H2,1-2H3. The number of hydrogen-bond donors (Lipinski definition) is 2. The van der Waals surface area contributed by atoms with E-state index in [0.717, 1.165) is 19.3 Å². The molecule has 0 saturated carbocycles. The fourth-order valence-electron chi connectivity index (χ4n) is 1.75. The molecule has 86 valence electrons. The summed E-state index contributed by atoms with van der Waals surface area (Å²) in [6.07, 6.45) is 9.60. The Kier molecular flexibility index (Phi) is 9.42. The maximum atomic E-state index is 6.01. The summed E-state index contributed by atoms with van der Waals surface area (Å²) < 4.78 is 0. The molecule has 2 heteroatoms. The molecule has 0 aliphatic rings. The van der Waals surface area contributed by atoms with E-state index in [1.165, 1.54) is 32.1 Å². The molecular weight excluding hydrogens is 172 g/mol. The SMILES string of the molecule is CCCCCC(N)CC(N)CCCC. The van der Waals surface area contributed by atoms with Crippen LogP contribution < -0.4 is 11.5 Å². The average molecular weight is 200 g/mol. The summed E-state index contributed by atoms with van der Waals surface area (Å²) in [4.78, 5) is 0. The molecule has 0 saturated heterocycles. The van der Waals surface area contributed by atoms with Gasteiger partial charge in [0.15, 0.2) is 0 Å². The van der Waals surface area contributed by atoms with Crippen molar-refractivity contribution in [1.82, 2.24) is 0 Å². The lowest BCUT2D eigenvalue weighted by molar-refractivity contribution is 0.452. The molecule has 0 fully saturated rings. The van der Waals surface area contributed by atoms with Crippen molar-refractivity contribution >= 4 is 0 Å². The molecule has 2 nitrogen and oxygen atoms in total. The highest BCUT2D eigenvalue weighted by Gasteiger charge is 2.08. The molecule has 0 aromatic rings. The minimum atomic E-state index is 0.326. The molecule has 4 N–H and O–H groups in total. The zero-order valence-electron chi connectivity index (χ0n) is 9.97. The van der Waals surface area contributed by atoms with E-state index >= 15 is 0 Å². The van der Waals surface area contributed by atoms with Gasteiger partial charge in [0.2, 0.25) is 0 Å². The Morgan fingerprint density at radius 2 is 1.29 bits per heavy atom. The first-order valence-corrected chi connectivity index (χ1v) is 6.21. The molecule has 0 rings (SSSR count). The number of unbranched alkanes of at least 4 members (excludes halogenated alkanes) is 3. The number of hydrogen-bond acceptors (Lipinski definition) is 2. The van der Waals surface area contributed by atoms with Crippen molar-refractivity contribution in [3.05, 3.63) is 0 Å². The largest absolute Gasteiger partial charge is 0.328 e. The van der Waals surface area contributed by atoms with Gasteiger partial charge in [0.05, 0.1) is 0 Å². The fraction of sp³-hybridized carbons (Fsp3) is 1.00. The third-order valence-electron chi connectivity index (χ3n) is 2.71. The van der Waals surface area contributed by atoms with Gasteiger partial charge in [0, 0.05) is 12.1 Å². The van der Waals surface area contributed by atoms with Crippen LogP contribution in [-0.2, 0) is 0 Å². The lowest BCUT2D eigenvalue weighted by Crippen LogP contribution is -2.31. The number of nitrogens with two attached hydrogens (primary N) is 2. The molecular formula is C12H28N2. The average Bonchev–Trinajstić information content (AvgIpc) is 2.15. The molecule has 0 bridgehead atoms. The van der Waals surface area contributed by atoms with Crippen LogP contribution in [0.5, 0.6) is 0 Å². The lowest BCUT2D eigenvalue weighted by atomic mass is 9.99. The summed E-state index contributed by atoms with van der Waals surface area (Å²) in [5.74, 6) is 0. The second kappa shape index (κ2) is 9.47. The van der Waals surface area contributed by atoms with E-state index in [1.807, 2.05) is 0 Å². The zero-order chi connectivity index (χ0) is 10.8. The molecule has 2 atom stereocenters. The summed E-state index contributed by atoms with van der Waals surface area (Å²) in [6, 6.07) is 0.653. The normalized spacial score (nSPS) is 15.4. The maximum Gasteiger partial charge on any atom is 0.00535 e. The van der Waals surface area contributed by atoms with Crippen molar-refractivity contribution in [3.8, 4) is 0 Å². The second-order valence-electron chi connectivity index (χ2n) is 4.39. The van der Waals surface area contributed by atoms with E-state index in [1.54, 1.807) is 0 Å². The van der Waals surface area contributed by atoms with E-state index < -0.39 is 0 Å². The molecule has 0 aromatic carbocycles. The highest BCUT2D eigenvalue weighted by Crippen LogP contribution is 2.09. The highest BCUT2D eigenvalue weighted by molar-refractivity contribution is 4.70. The molecule has 0 aliphatic heterocycles. The maximum absolute atomic E-state index is 6.01. The Labute approximate surface area is 89.4 Å². The summed E-state index contributed by atoms with van der Waals surface area (Å²) in [6.45, 7) is 4.42. The van der Waals surface area contributed by atoms with Crippen LogP contribution in [0.15, 0.2) is 0 Å². The van der Waals surface area contributed by atoms with Crippen LogP contribution in [0, 0.1) is 0 Å². The smallest absolute Gasteiger partial charge is 0.00535 e. The number of rotatable bonds is 9. The van der Waals surface area contributed by atoms with Gasteiger partial charge in [-0.05, 0) is 19.3 Å². The van der Waals surface area contributed by atoms with E-state index in [4.69, 9.17) is 11.5 Å². The Hall–Kier alpha value is -0.0800. The minimum absolute atomic E-state index is 0.326. The van der Waals surface area contributed by atoms with Gasteiger partial charge in [-0.2, -0.15) is 0 Å². The van der Waals surface area contributed by atoms with Crippen molar-refractivity contribution in [3.63, 3.8) is 0 Å². The second-order valence-corrected chi connectivity index (χ2v) is 4.39. The molecule has 0 amide bonds. The topological polar surface area (TPSA) is 52.0 Å². The summed E-state index contributed by atoms with van der Waals surface area (Å²) in [5.41, 5.74) is 12.0. The van der Waals surface area contributed by atoms with E-state index in [2.05, 4.69) is 13.8 Å². The van der Waals surface area contributed by atoms with Crippen LogP contribution >= 0.6 is 0 Å². The van der Waals surface area contributed by atoms with Crippen molar-refractivity contribution < 1.29 is 0 Å². The molecule has 0 spiro atoms.